The lowest BCUT2D eigenvalue weighted by molar-refractivity contribution is -0.125. The lowest BCUT2D eigenvalue weighted by Crippen LogP contribution is -2.17. The molecule has 5 heteroatoms. The van der Waals surface area contributed by atoms with Gasteiger partial charge in [-0.05, 0) is 18.6 Å². The average Bonchev–Trinajstić information content (AvgIpc) is 2.84. The molecule has 0 radical (unpaired) electrons. The summed E-state index contributed by atoms with van der Waals surface area (Å²) in [6, 6.07) is 3.37. The fourth-order valence-electron chi connectivity index (χ4n) is 1.51. The zero-order valence-electron chi connectivity index (χ0n) is 8.48. The fourth-order valence-corrected chi connectivity index (χ4v) is 2.48. The molecule has 0 atom stereocenters. The summed E-state index contributed by atoms with van der Waals surface area (Å²) in [6.45, 7) is 0.702. The molecule has 0 unspecified atom stereocenters. The van der Waals surface area contributed by atoms with Crippen molar-refractivity contribution >= 4 is 34.6 Å². The third-order valence-electron chi connectivity index (χ3n) is 2.33. The van der Waals surface area contributed by atoms with Gasteiger partial charge in [0.05, 0.1) is 9.21 Å². The molecule has 0 saturated carbocycles. The number of hydrogen-bond donors (Lipinski definition) is 0. The molecule has 1 aliphatic rings. The Hall–Kier alpha value is -1.13. The summed E-state index contributed by atoms with van der Waals surface area (Å²) in [5, 5.41) is 0. The van der Waals surface area contributed by atoms with Crippen LogP contribution in [0.25, 0.3) is 0 Å². The van der Waals surface area contributed by atoms with E-state index in [9.17, 15) is 9.59 Å². The normalized spacial score (nSPS) is 16.3. The van der Waals surface area contributed by atoms with Crippen molar-refractivity contribution in [2.24, 2.45) is 0 Å². The maximum Gasteiger partial charge on any atom is 0.226 e. The van der Waals surface area contributed by atoms with E-state index in [2.05, 4.69) is 0 Å². The lowest BCUT2D eigenvalue weighted by Gasteiger charge is -2.07. The summed E-state index contributed by atoms with van der Waals surface area (Å²) in [7, 11) is 0. The maximum absolute atomic E-state index is 11.6. The molecule has 1 aliphatic heterocycles. The number of rotatable bonds is 3. The SMILES string of the molecule is O=C(C=CN1CCCC1=O)c1ccc(Cl)s1. The minimum atomic E-state index is -0.114. The van der Waals surface area contributed by atoms with Crippen molar-refractivity contribution in [1.82, 2.24) is 4.90 Å². The van der Waals surface area contributed by atoms with Gasteiger partial charge in [-0.15, -0.1) is 11.3 Å². The van der Waals surface area contributed by atoms with Crippen LogP contribution in [0.15, 0.2) is 24.4 Å². The van der Waals surface area contributed by atoms with Crippen LogP contribution in [0.3, 0.4) is 0 Å². The second-order valence-corrected chi connectivity index (χ2v) is 5.19. The molecule has 1 fully saturated rings. The molecule has 0 N–H and O–H groups in total. The number of thiophene rings is 1. The highest BCUT2D eigenvalue weighted by Gasteiger charge is 2.17. The maximum atomic E-state index is 11.6. The average molecular weight is 256 g/mol. The molecule has 1 saturated heterocycles. The lowest BCUT2D eigenvalue weighted by atomic mass is 10.3. The smallest absolute Gasteiger partial charge is 0.226 e. The van der Waals surface area contributed by atoms with Gasteiger partial charge in [0.15, 0.2) is 5.78 Å². The van der Waals surface area contributed by atoms with Crippen LogP contribution >= 0.6 is 22.9 Å². The van der Waals surface area contributed by atoms with Crippen LogP contribution in [-0.2, 0) is 4.79 Å². The Labute approximate surface area is 102 Å². The first kappa shape index (κ1) is 11.4. The highest BCUT2D eigenvalue weighted by Crippen LogP contribution is 2.22. The van der Waals surface area contributed by atoms with Crippen LogP contribution in [0.4, 0.5) is 0 Å². The first-order chi connectivity index (χ1) is 7.66. The molecule has 0 bridgehead atoms. The number of nitrogens with zero attached hydrogens (tertiary/aromatic N) is 1. The van der Waals surface area contributed by atoms with Gasteiger partial charge in [0.1, 0.15) is 0 Å². The van der Waals surface area contributed by atoms with Crippen LogP contribution in [0.2, 0.25) is 4.34 Å². The third kappa shape index (κ3) is 2.51. The number of ketones is 1. The van der Waals surface area contributed by atoms with Crippen LogP contribution in [0.5, 0.6) is 0 Å². The molecule has 2 heterocycles. The predicted octanol–water partition coefficient (Wildman–Crippen LogP) is 2.72. The van der Waals surface area contributed by atoms with Gasteiger partial charge in [-0.25, -0.2) is 0 Å². The Morgan fingerprint density at radius 2 is 2.31 bits per heavy atom. The molecule has 84 valence electrons. The van der Waals surface area contributed by atoms with Crippen molar-refractivity contribution in [3.8, 4) is 0 Å². The molecule has 2 rings (SSSR count). The van der Waals surface area contributed by atoms with Gasteiger partial charge in [0.25, 0.3) is 0 Å². The number of carbonyl (C=O) groups is 2. The third-order valence-corrected chi connectivity index (χ3v) is 3.58. The molecule has 3 nitrogen and oxygen atoms in total. The minimum absolute atomic E-state index is 0.0771. The summed E-state index contributed by atoms with van der Waals surface area (Å²) in [6.07, 6.45) is 4.42. The Kier molecular flexibility index (Phi) is 3.41. The summed E-state index contributed by atoms with van der Waals surface area (Å²) < 4.78 is 0.592. The summed E-state index contributed by atoms with van der Waals surface area (Å²) >= 11 is 6.97. The molecule has 0 aliphatic carbocycles. The predicted molar refractivity (Wildman–Crippen MR) is 63.7 cm³/mol. The van der Waals surface area contributed by atoms with Gasteiger partial charge in [-0.2, -0.15) is 0 Å². The highest BCUT2D eigenvalue weighted by molar-refractivity contribution is 7.18. The van der Waals surface area contributed by atoms with E-state index in [4.69, 9.17) is 11.6 Å². The van der Waals surface area contributed by atoms with Crippen molar-refractivity contribution in [3.63, 3.8) is 0 Å². The second-order valence-electron chi connectivity index (χ2n) is 3.47. The topological polar surface area (TPSA) is 37.4 Å². The van der Waals surface area contributed by atoms with E-state index in [-0.39, 0.29) is 11.7 Å². The largest absolute Gasteiger partial charge is 0.319 e. The Morgan fingerprint density at radius 1 is 1.50 bits per heavy atom. The zero-order valence-corrected chi connectivity index (χ0v) is 10.1. The van der Waals surface area contributed by atoms with Crippen LogP contribution in [0, 0.1) is 0 Å². The van der Waals surface area contributed by atoms with E-state index >= 15 is 0 Å². The minimum Gasteiger partial charge on any atom is -0.319 e. The van der Waals surface area contributed by atoms with Crippen LogP contribution in [0.1, 0.15) is 22.5 Å². The number of halogens is 1. The molecule has 16 heavy (non-hydrogen) atoms. The van der Waals surface area contributed by atoms with E-state index in [1.807, 2.05) is 0 Å². The van der Waals surface area contributed by atoms with Crippen molar-refractivity contribution in [2.45, 2.75) is 12.8 Å². The first-order valence-electron chi connectivity index (χ1n) is 4.94. The summed E-state index contributed by atoms with van der Waals surface area (Å²) in [4.78, 5) is 25.1. The van der Waals surface area contributed by atoms with Crippen LogP contribution in [-0.4, -0.2) is 23.1 Å². The molecule has 0 aromatic carbocycles. The van der Waals surface area contributed by atoms with E-state index in [0.29, 0.717) is 22.2 Å². The van der Waals surface area contributed by atoms with Gasteiger partial charge in [0.2, 0.25) is 5.91 Å². The first-order valence-corrected chi connectivity index (χ1v) is 6.13. The molecule has 1 amide bonds. The van der Waals surface area contributed by atoms with E-state index in [1.54, 1.807) is 23.2 Å². The van der Waals surface area contributed by atoms with Gasteiger partial charge in [-0.3, -0.25) is 9.59 Å². The number of carbonyl (C=O) groups excluding carboxylic acids is 2. The number of likely N-dealkylation sites (tertiary alicyclic amines) is 1. The number of allylic oxidation sites excluding steroid dienone is 1. The van der Waals surface area contributed by atoms with Gasteiger partial charge in [0, 0.05) is 25.2 Å². The molecule has 0 spiro atoms. The summed E-state index contributed by atoms with van der Waals surface area (Å²) in [5.74, 6) is -0.0372. The number of hydrogen-bond acceptors (Lipinski definition) is 3. The highest BCUT2D eigenvalue weighted by atomic mass is 35.5. The van der Waals surface area contributed by atoms with E-state index in [1.165, 1.54) is 17.4 Å². The zero-order chi connectivity index (χ0) is 11.5. The van der Waals surface area contributed by atoms with Crippen molar-refractivity contribution in [2.75, 3.05) is 6.54 Å². The van der Waals surface area contributed by atoms with Gasteiger partial charge >= 0.3 is 0 Å². The van der Waals surface area contributed by atoms with Gasteiger partial charge < -0.3 is 4.90 Å². The van der Waals surface area contributed by atoms with Crippen molar-refractivity contribution in [1.29, 1.82) is 0 Å². The van der Waals surface area contributed by atoms with Crippen molar-refractivity contribution < 1.29 is 9.59 Å². The second kappa shape index (κ2) is 4.80. The molecule has 1 aromatic rings. The Bertz CT molecular complexity index is 453. The fraction of sp³-hybridized carbons (Fsp3) is 0.273. The van der Waals surface area contributed by atoms with Crippen LogP contribution < -0.4 is 0 Å². The van der Waals surface area contributed by atoms with Gasteiger partial charge in [-0.1, -0.05) is 11.6 Å². The quantitative estimate of drug-likeness (QED) is 0.615. The Morgan fingerprint density at radius 3 is 2.88 bits per heavy atom. The van der Waals surface area contributed by atoms with E-state index in [0.717, 1.165) is 6.42 Å². The van der Waals surface area contributed by atoms with Crippen molar-refractivity contribution in [3.05, 3.63) is 33.6 Å². The number of amides is 1. The summed E-state index contributed by atoms with van der Waals surface area (Å²) in [5.41, 5.74) is 0. The Balaban J connectivity index is 2.02. The van der Waals surface area contributed by atoms with E-state index < -0.39 is 0 Å². The molecular formula is C11H10ClNO2S. The monoisotopic (exact) mass is 255 g/mol. The molecular weight excluding hydrogens is 246 g/mol. The molecule has 1 aromatic heterocycles. The standard InChI is InChI=1S/C11H10ClNO2S/c12-10-4-3-9(16-10)8(14)5-7-13-6-1-2-11(13)15/h3-5,7H,1-2,6H2.